The lowest BCUT2D eigenvalue weighted by molar-refractivity contribution is -0.117. The van der Waals surface area contributed by atoms with Crippen molar-refractivity contribution < 1.29 is 9.59 Å². The van der Waals surface area contributed by atoms with Gasteiger partial charge in [-0.25, -0.2) is 0 Å². The first-order chi connectivity index (χ1) is 14.5. The highest BCUT2D eigenvalue weighted by Crippen LogP contribution is 2.27. The van der Waals surface area contributed by atoms with Gasteiger partial charge < -0.3 is 5.32 Å². The minimum absolute atomic E-state index is 0.299. The third kappa shape index (κ3) is 4.21. The first-order valence-corrected chi connectivity index (χ1v) is 10.3. The van der Waals surface area contributed by atoms with Gasteiger partial charge in [0, 0.05) is 11.1 Å². The SMILES string of the molecule is Cc1cccc(-c2nnc(NC(=O)[C@@H](C)NC(=O)c3cccc4ccccc34)s2)c1. The standard InChI is InChI=1S/C23H20N4O2S/c1-14-7-5-10-17(13-14)22-26-27-23(30-22)25-20(28)15(2)24-21(29)19-12-6-9-16-8-3-4-11-18(16)19/h3-13,15H,1-2H3,(H,24,29)(H,25,27,28)/t15-/m1/s1. The van der Waals surface area contributed by atoms with Crippen LogP contribution in [0.2, 0.25) is 0 Å². The third-order valence-corrected chi connectivity index (χ3v) is 5.58. The molecule has 0 unspecified atom stereocenters. The van der Waals surface area contributed by atoms with Gasteiger partial charge in [-0.1, -0.05) is 71.5 Å². The Balaban J connectivity index is 1.43. The Bertz CT molecular complexity index is 1230. The lowest BCUT2D eigenvalue weighted by Crippen LogP contribution is -2.41. The Hall–Kier alpha value is -3.58. The molecule has 0 radical (unpaired) electrons. The summed E-state index contributed by atoms with van der Waals surface area (Å²) in [4.78, 5) is 25.3. The highest BCUT2D eigenvalue weighted by molar-refractivity contribution is 7.18. The molecule has 0 fully saturated rings. The number of aromatic nitrogens is 2. The molecule has 1 atom stereocenters. The molecule has 7 heteroatoms. The Morgan fingerprint density at radius 3 is 2.57 bits per heavy atom. The van der Waals surface area contributed by atoms with Crippen LogP contribution in [-0.4, -0.2) is 28.1 Å². The molecule has 4 aromatic rings. The molecule has 0 aliphatic carbocycles. The summed E-state index contributed by atoms with van der Waals surface area (Å²) < 4.78 is 0. The molecule has 2 amide bonds. The van der Waals surface area contributed by atoms with E-state index in [4.69, 9.17) is 0 Å². The zero-order valence-electron chi connectivity index (χ0n) is 16.5. The van der Waals surface area contributed by atoms with Crippen molar-refractivity contribution in [2.24, 2.45) is 0 Å². The number of rotatable bonds is 5. The van der Waals surface area contributed by atoms with Crippen molar-refractivity contribution in [2.45, 2.75) is 19.9 Å². The van der Waals surface area contributed by atoms with Crippen molar-refractivity contribution in [3.63, 3.8) is 0 Å². The highest BCUT2D eigenvalue weighted by atomic mass is 32.1. The third-order valence-electron chi connectivity index (χ3n) is 4.70. The number of nitrogens with one attached hydrogen (secondary N) is 2. The maximum atomic E-state index is 12.7. The van der Waals surface area contributed by atoms with Gasteiger partial charge in [-0.15, -0.1) is 10.2 Å². The molecule has 1 heterocycles. The summed E-state index contributed by atoms with van der Waals surface area (Å²) in [6.07, 6.45) is 0. The van der Waals surface area contributed by atoms with Crippen LogP contribution < -0.4 is 10.6 Å². The number of carbonyl (C=O) groups is 2. The highest BCUT2D eigenvalue weighted by Gasteiger charge is 2.19. The predicted molar refractivity (Wildman–Crippen MR) is 120 cm³/mol. The molecule has 0 aliphatic heterocycles. The minimum atomic E-state index is -0.734. The Kier molecular flexibility index (Phi) is 5.54. The number of fused-ring (bicyclic) bond motifs is 1. The lowest BCUT2D eigenvalue weighted by Gasteiger charge is -2.14. The number of amides is 2. The zero-order valence-corrected chi connectivity index (χ0v) is 17.4. The quantitative estimate of drug-likeness (QED) is 0.504. The first kappa shape index (κ1) is 19.7. The van der Waals surface area contributed by atoms with E-state index in [0.29, 0.717) is 10.7 Å². The molecule has 3 aromatic carbocycles. The monoisotopic (exact) mass is 416 g/mol. The molecule has 2 N–H and O–H groups in total. The van der Waals surface area contributed by atoms with E-state index in [-0.39, 0.29) is 11.8 Å². The van der Waals surface area contributed by atoms with Gasteiger partial charge in [0.1, 0.15) is 11.0 Å². The minimum Gasteiger partial charge on any atom is -0.340 e. The first-order valence-electron chi connectivity index (χ1n) is 9.51. The predicted octanol–water partition coefficient (Wildman–Crippen LogP) is 4.42. The van der Waals surface area contributed by atoms with E-state index in [1.807, 2.05) is 67.6 Å². The van der Waals surface area contributed by atoms with E-state index < -0.39 is 6.04 Å². The van der Waals surface area contributed by atoms with Crippen LogP contribution in [0, 0.1) is 6.92 Å². The van der Waals surface area contributed by atoms with Crippen LogP contribution in [0.5, 0.6) is 0 Å². The topological polar surface area (TPSA) is 84.0 Å². The summed E-state index contributed by atoms with van der Waals surface area (Å²) in [7, 11) is 0. The van der Waals surface area contributed by atoms with Crippen LogP contribution in [0.4, 0.5) is 5.13 Å². The molecule has 4 rings (SSSR count). The van der Waals surface area contributed by atoms with Crippen LogP contribution in [0.1, 0.15) is 22.8 Å². The molecule has 30 heavy (non-hydrogen) atoms. The molecule has 0 saturated carbocycles. The number of hydrogen-bond donors (Lipinski definition) is 2. The lowest BCUT2D eigenvalue weighted by atomic mass is 10.0. The maximum absolute atomic E-state index is 12.7. The van der Waals surface area contributed by atoms with Gasteiger partial charge in [0.15, 0.2) is 0 Å². The maximum Gasteiger partial charge on any atom is 0.252 e. The average molecular weight is 417 g/mol. The fourth-order valence-corrected chi connectivity index (χ4v) is 3.89. The molecule has 0 spiro atoms. The largest absolute Gasteiger partial charge is 0.340 e. The summed E-state index contributed by atoms with van der Waals surface area (Å²) in [6, 6.07) is 20.4. The van der Waals surface area contributed by atoms with Crippen LogP contribution in [-0.2, 0) is 4.79 Å². The smallest absolute Gasteiger partial charge is 0.252 e. The van der Waals surface area contributed by atoms with Crippen LogP contribution in [0.15, 0.2) is 66.7 Å². The van der Waals surface area contributed by atoms with Gasteiger partial charge in [-0.05, 0) is 36.8 Å². The van der Waals surface area contributed by atoms with Gasteiger partial charge in [-0.2, -0.15) is 0 Å². The van der Waals surface area contributed by atoms with Gasteiger partial charge in [0.25, 0.3) is 5.91 Å². The molecule has 150 valence electrons. The van der Waals surface area contributed by atoms with E-state index in [1.54, 1.807) is 13.0 Å². The van der Waals surface area contributed by atoms with Crippen molar-refractivity contribution in [3.8, 4) is 10.6 Å². The van der Waals surface area contributed by atoms with E-state index in [0.717, 1.165) is 26.9 Å². The number of benzene rings is 3. The van der Waals surface area contributed by atoms with Crippen LogP contribution in [0.3, 0.4) is 0 Å². The van der Waals surface area contributed by atoms with Gasteiger partial charge >= 0.3 is 0 Å². The molecule has 1 aromatic heterocycles. The number of hydrogen-bond acceptors (Lipinski definition) is 5. The normalized spacial score (nSPS) is 11.8. The zero-order chi connectivity index (χ0) is 21.1. The van der Waals surface area contributed by atoms with Crippen LogP contribution in [0.25, 0.3) is 21.3 Å². The summed E-state index contributed by atoms with van der Waals surface area (Å²) in [5.41, 5.74) is 2.61. The second kappa shape index (κ2) is 8.42. The molecule has 6 nitrogen and oxygen atoms in total. The van der Waals surface area contributed by atoms with Crippen molar-refractivity contribution in [3.05, 3.63) is 77.9 Å². The second-order valence-electron chi connectivity index (χ2n) is 6.99. The second-order valence-corrected chi connectivity index (χ2v) is 7.97. The van der Waals surface area contributed by atoms with E-state index in [2.05, 4.69) is 20.8 Å². The van der Waals surface area contributed by atoms with Crippen molar-refractivity contribution >= 4 is 39.1 Å². The Morgan fingerprint density at radius 1 is 0.967 bits per heavy atom. The number of carbonyl (C=O) groups excluding carboxylic acids is 2. The fourth-order valence-electron chi connectivity index (χ4n) is 3.15. The van der Waals surface area contributed by atoms with Gasteiger partial charge in [-0.3, -0.25) is 14.9 Å². The Morgan fingerprint density at radius 2 is 1.73 bits per heavy atom. The van der Waals surface area contributed by atoms with E-state index in [1.165, 1.54) is 11.3 Å². The average Bonchev–Trinajstić information content (AvgIpc) is 3.21. The van der Waals surface area contributed by atoms with Crippen molar-refractivity contribution in [2.75, 3.05) is 5.32 Å². The van der Waals surface area contributed by atoms with E-state index >= 15 is 0 Å². The number of aryl methyl sites for hydroxylation is 1. The van der Waals surface area contributed by atoms with Crippen LogP contribution >= 0.6 is 11.3 Å². The molecule has 0 bridgehead atoms. The summed E-state index contributed by atoms with van der Waals surface area (Å²) >= 11 is 1.29. The number of anilines is 1. The van der Waals surface area contributed by atoms with E-state index in [9.17, 15) is 9.59 Å². The van der Waals surface area contributed by atoms with Crippen molar-refractivity contribution in [1.82, 2.24) is 15.5 Å². The molecule has 0 aliphatic rings. The van der Waals surface area contributed by atoms with Gasteiger partial charge in [0.2, 0.25) is 11.0 Å². The Labute approximate surface area is 178 Å². The van der Waals surface area contributed by atoms with Gasteiger partial charge in [0.05, 0.1) is 0 Å². The number of nitrogens with zero attached hydrogens (tertiary/aromatic N) is 2. The fraction of sp³-hybridized carbons (Fsp3) is 0.130. The molecular formula is C23H20N4O2S. The van der Waals surface area contributed by atoms with Crippen molar-refractivity contribution in [1.29, 1.82) is 0 Å². The summed E-state index contributed by atoms with van der Waals surface area (Å²) in [5, 5.41) is 16.6. The summed E-state index contributed by atoms with van der Waals surface area (Å²) in [5.74, 6) is -0.650. The summed E-state index contributed by atoms with van der Waals surface area (Å²) in [6.45, 7) is 3.65. The molecular weight excluding hydrogens is 396 g/mol. The molecule has 0 saturated heterocycles.